The van der Waals surface area contributed by atoms with Gasteiger partial charge in [0, 0.05) is 61.8 Å². The first-order chi connectivity index (χ1) is 19.1. The first-order valence-electron chi connectivity index (χ1n) is 13.7. The molecule has 5 rings (SSSR count). The molecule has 0 aliphatic carbocycles. The minimum Gasteiger partial charge on any atom is -0.481 e. The van der Waals surface area contributed by atoms with Gasteiger partial charge in [-0.3, -0.25) is 4.79 Å². The van der Waals surface area contributed by atoms with Gasteiger partial charge in [0.15, 0.2) is 0 Å². The lowest BCUT2D eigenvalue weighted by Crippen LogP contribution is -2.45. The highest BCUT2D eigenvalue weighted by atomic mass is 32.2. The predicted octanol–water partition coefficient (Wildman–Crippen LogP) is 4.13. The van der Waals surface area contributed by atoms with Crippen LogP contribution >= 0.6 is 0 Å². The fourth-order valence-corrected chi connectivity index (χ4v) is 7.33. The number of nitrogens with two attached hydrogens (primary N) is 2. The van der Waals surface area contributed by atoms with Crippen LogP contribution in [0.4, 0.5) is 11.6 Å². The molecule has 212 valence electrons. The van der Waals surface area contributed by atoms with Crippen LogP contribution in [0, 0.1) is 6.92 Å². The molecular formula is C30H38N6O3S. The number of aliphatic carboxylic acids is 1. The summed E-state index contributed by atoms with van der Waals surface area (Å²) in [7, 11) is 0.475. The van der Waals surface area contributed by atoms with E-state index in [4.69, 9.17) is 11.5 Å². The molecule has 3 atom stereocenters. The normalized spacial score (nSPS) is 20.5. The van der Waals surface area contributed by atoms with Crippen molar-refractivity contribution in [2.75, 3.05) is 23.7 Å². The Balaban J connectivity index is 1.51. The Kier molecular flexibility index (Phi) is 8.00. The van der Waals surface area contributed by atoms with Crippen molar-refractivity contribution in [2.24, 2.45) is 12.8 Å². The molecule has 1 fully saturated rings. The Hall–Kier alpha value is -3.63. The summed E-state index contributed by atoms with van der Waals surface area (Å²) in [4.78, 5) is 19.7. The minimum atomic E-state index is -1.37. The zero-order valence-electron chi connectivity index (χ0n) is 23.3. The Morgan fingerprint density at radius 1 is 1.27 bits per heavy atom. The number of aryl methyl sites for hydroxylation is 1. The Bertz CT molecular complexity index is 1480. The van der Waals surface area contributed by atoms with E-state index in [-0.39, 0.29) is 12.5 Å². The second kappa shape index (κ2) is 11.5. The van der Waals surface area contributed by atoms with Crippen LogP contribution in [0.25, 0.3) is 6.08 Å². The quantitative estimate of drug-likeness (QED) is 0.395. The number of carboxylic acid groups (broad SMARTS) is 1. The molecule has 3 aromatic rings. The van der Waals surface area contributed by atoms with Crippen molar-refractivity contribution in [1.82, 2.24) is 13.9 Å². The summed E-state index contributed by atoms with van der Waals surface area (Å²) in [5.41, 5.74) is 17.4. The molecule has 1 unspecified atom stereocenters. The van der Waals surface area contributed by atoms with Crippen molar-refractivity contribution in [2.45, 2.75) is 62.9 Å². The molecule has 40 heavy (non-hydrogen) atoms. The summed E-state index contributed by atoms with van der Waals surface area (Å²) in [6, 6.07) is 12.0. The van der Waals surface area contributed by atoms with E-state index in [0.29, 0.717) is 24.6 Å². The molecule has 4 heterocycles. The number of carboxylic acids is 1. The van der Waals surface area contributed by atoms with Crippen LogP contribution in [0.5, 0.6) is 0 Å². The Labute approximate surface area is 238 Å². The zero-order valence-corrected chi connectivity index (χ0v) is 24.2. The fraction of sp³-hybridized carbons (Fsp3) is 0.400. The summed E-state index contributed by atoms with van der Waals surface area (Å²) in [6.07, 6.45) is 6.79. The number of allylic oxidation sites excluding steroid dienone is 1. The predicted molar refractivity (Wildman–Crippen MR) is 159 cm³/mol. The number of hydrogen-bond acceptors (Lipinski definition) is 6. The van der Waals surface area contributed by atoms with E-state index in [1.54, 1.807) is 19.2 Å². The van der Waals surface area contributed by atoms with Crippen LogP contribution in [0.2, 0.25) is 0 Å². The number of nitrogen functional groups attached to an aromatic ring is 1. The zero-order chi connectivity index (χ0) is 28.6. The van der Waals surface area contributed by atoms with Crippen LogP contribution in [0.15, 0.2) is 53.2 Å². The third-order valence-electron chi connectivity index (χ3n) is 8.08. The van der Waals surface area contributed by atoms with Crippen molar-refractivity contribution < 1.29 is 14.1 Å². The maximum absolute atomic E-state index is 13.9. The summed E-state index contributed by atoms with van der Waals surface area (Å²) < 4.78 is 17.8. The molecule has 10 heteroatoms. The van der Waals surface area contributed by atoms with E-state index in [2.05, 4.69) is 16.0 Å². The van der Waals surface area contributed by atoms with E-state index >= 15 is 0 Å². The van der Waals surface area contributed by atoms with Gasteiger partial charge in [-0.2, -0.15) is 0 Å². The molecule has 0 amide bonds. The maximum Gasteiger partial charge on any atom is 0.304 e. The lowest BCUT2D eigenvalue weighted by molar-refractivity contribution is -0.137. The van der Waals surface area contributed by atoms with Crippen molar-refractivity contribution >= 4 is 34.7 Å². The number of nitrogens with zero attached hydrogens (tertiary/aromatic N) is 4. The minimum absolute atomic E-state index is 0.0870. The molecule has 2 aliphatic heterocycles. The van der Waals surface area contributed by atoms with Crippen LogP contribution in [-0.4, -0.2) is 48.3 Å². The third-order valence-corrected chi connectivity index (χ3v) is 9.52. The van der Waals surface area contributed by atoms with Crippen LogP contribution in [0.3, 0.4) is 0 Å². The largest absolute Gasteiger partial charge is 0.481 e. The molecule has 0 bridgehead atoms. The van der Waals surface area contributed by atoms with E-state index in [1.807, 2.05) is 53.2 Å². The Morgan fingerprint density at radius 2 is 2.08 bits per heavy atom. The van der Waals surface area contributed by atoms with Crippen LogP contribution in [-0.2, 0) is 29.4 Å². The summed E-state index contributed by atoms with van der Waals surface area (Å²) in [5.74, 6) is 0.0533. The van der Waals surface area contributed by atoms with Gasteiger partial charge < -0.3 is 26.0 Å². The van der Waals surface area contributed by atoms with Gasteiger partial charge in [-0.05, 0) is 74.1 Å². The van der Waals surface area contributed by atoms with E-state index < -0.39 is 22.9 Å². The average Bonchev–Trinajstić information content (AvgIpc) is 3.13. The van der Waals surface area contributed by atoms with Gasteiger partial charge in [-0.25, -0.2) is 13.5 Å². The van der Waals surface area contributed by atoms with Gasteiger partial charge in [-0.15, -0.1) is 0 Å². The van der Waals surface area contributed by atoms with Crippen molar-refractivity contribution in [3.63, 3.8) is 0 Å². The monoisotopic (exact) mass is 562 g/mol. The van der Waals surface area contributed by atoms with Gasteiger partial charge in [0.1, 0.15) is 22.6 Å². The molecule has 5 N–H and O–H groups in total. The average molecular weight is 563 g/mol. The highest BCUT2D eigenvalue weighted by molar-refractivity contribution is 7.82. The number of carbonyl (C=O) groups is 1. The number of rotatable bonds is 7. The molecule has 0 spiro atoms. The van der Waals surface area contributed by atoms with Crippen molar-refractivity contribution in [1.29, 1.82) is 0 Å². The van der Waals surface area contributed by atoms with Crippen molar-refractivity contribution in [3.8, 4) is 0 Å². The van der Waals surface area contributed by atoms with E-state index in [1.165, 1.54) is 0 Å². The number of benzene rings is 1. The summed E-state index contributed by atoms with van der Waals surface area (Å²) >= 11 is 0. The summed E-state index contributed by atoms with van der Waals surface area (Å²) in [5, 5.41) is 9.84. The van der Waals surface area contributed by atoms with Crippen LogP contribution in [0.1, 0.15) is 66.5 Å². The molecule has 1 saturated heterocycles. The highest BCUT2D eigenvalue weighted by Crippen LogP contribution is 2.36. The topological polar surface area (TPSA) is 131 Å². The first-order valence-corrected chi connectivity index (χ1v) is 14.8. The molecule has 2 aromatic heterocycles. The second-order valence-corrected chi connectivity index (χ2v) is 12.4. The number of pyridine rings is 1. The molecule has 0 radical (unpaired) electrons. The molecule has 2 aliphatic rings. The number of piperidine rings is 1. The fourth-order valence-electron chi connectivity index (χ4n) is 5.96. The van der Waals surface area contributed by atoms with Gasteiger partial charge in [-0.1, -0.05) is 18.2 Å². The van der Waals surface area contributed by atoms with Gasteiger partial charge >= 0.3 is 5.97 Å². The van der Waals surface area contributed by atoms with Gasteiger partial charge in [0.25, 0.3) is 0 Å². The summed E-state index contributed by atoms with van der Waals surface area (Å²) in [6.45, 7) is 5.92. The maximum atomic E-state index is 13.9. The number of anilines is 2. The molecular weight excluding hydrogens is 524 g/mol. The smallest absolute Gasteiger partial charge is 0.304 e. The van der Waals surface area contributed by atoms with E-state index in [9.17, 15) is 14.1 Å². The molecule has 0 saturated carbocycles. The highest BCUT2D eigenvalue weighted by Gasteiger charge is 2.35. The molecule has 1 aromatic carbocycles. The second-order valence-electron chi connectivity index (χ2n) is 10.9. The number of fused-ring (bicyclic) bond motifs is 3. The SMILES string of the molecule is C/C(N)=C/c1cc([C@@H](CC(=O)O)c2ccc(C)c(CN3C[C@@H]4CCCCN4c4ncccc4S3=O)c2)n(C)c1N. The number of hydrogen-bond donors (Lipinski definition) is 3. The molecule has 9 nitrogen and oxygen atoms in total. The van der Waals surface area contributed by atoms with Gasteiger partial charge in [0.05, 0.1) is 11.3 Å². The lowest BCUT2D eigenvalue weighted by Gasteiger charge is -2.36. The van der Waals surface area contributed by atoms with Crippen molar-refractivity contribution in [3.05, 3.63) is 76.2 Å². The van der Waals surface area contributed by atoms with E-state index in [0.717, 1.165) is 64.5 Å². The lowest BCUT2D eigenvalue weighted by atomic mass is 9.89. The van der Waals surface area contributed by atoms with Gasteiger partial charge in [0.2, 0.25) is 0 Å². The number of aromatic nitrogens is 2. The van der Waals surface area contributed by atoms with Crippen LogP contribution < -0.4 is 16.4 Å². The standard InChI is InChI=1S/C30H38N6O3S/c1-19-9-10-21(25(16-28(37)38)26-15-22(13-20(2)31)29(32)34(26)3)14-23(19)17-35-18-24-7-4-5-12-36(24)30-27(40(35)39)8-6-11-33-30/h6,8-11,13-15,24-25H,4-5,7,12,16-18,31-32H2,1-3H3,(H,37,38)/b20-13-/t24-,25-,40?/m0/s1. The first kappa shape index (κ1) is 27.9. The third kappa shape index (κ3) is 5.51. The Morgan fingerprint density at radius 3 is 2.83 bits per heavy atom.